The first kappa shape index (κ1) is 12.4. The van der Waals surface area contributed by atoms with Crippen molar-refractivity contribution in [2.75, 3.05) is 0 Å². The Labute approximate surface area is 119 Å². The molecule has 0 radical (unpaired) electrons. The Bertz CT molecular complexity index is 496. The summed E-state index contributed by atoms with van der Waals surface area (Å²) in [6, 6.07) is 2.79. The number of hydrogen-bond donors (Lipinski definition) is 0. The van der Waals surface area contributed by atoms with E-state index < -0.39 is 0 Å². The zero-order valence-corrected chi connectivity index (χ0v) is 11.9. The van der Waals surface area contributed by atoms with E-state index in [0.29, 0.717) is 23.7 Å². The maximum Gasteiger partial charge on any atom is 0.276 e. The van der Waals surface area contributed by atoms with Crippen LogP contribution in [-0.4, -0.2) is 28.0 Å². The minimum atomic E-state index is 0.107. The molecule has 3 aliphatic carbocycles. The quantitative estimate of drug-likeness (QED) is 0.844. The number of rotatable bonds is 4. The molecular weight excluding hydrogens is 252 g/mol. The van der Waals surface area contributed by atoms with E-state index in [1.54, 1.807) is 0 Å². The minimum Gasteiger partial charge on any atom is -0.360 e. The highest BCUT2D eigenvalue weighted by Gasteiger charge is 2.39. The second-order valence-corrected chi connectivity index (χ2v) is 6.62. The molecule has 0 saturated heterocycles. The van der Waals surface area contributed by atoms with Crippen LogP contribution in [0.15, 0.2) is 10.6 Å². The molecule has 20 heavy (non-hydrogen) atoms. The van der Waals surface area contributed by atoms with Gasteiger partial charge in [-0.3, -0.25) is 4.79 Å². The van der Waals surface area contributed by atoms with Gasteiger partial charge < -0.3 is 9.42 Å². The monoisotopic (exact) mass is 274 g/mol. The summed E-state index contributed by atoms with van der Waals surface area (Å²) in [5.74, 6) is 1.54. The van der Waals surface area contributed by atoms with E-state index in [4.69, 9.17) is 4.52 Å². The predicted octanol–water partition coefficient (Wildman–Crippen LogP) is 3.49. The van der Waals surface area contributed by atoms with Gasteiger partial charge in [0, 0.05) is 24.1 Å². The van der Waals surface area contributed by atoms with Crippen LogP contribution in [0, 0.1) is 0 Å². The second kappa shape index (κ2) is 4.90. The molecule has 0 spiro atoms. The van der Waals surface area contributed by atoms with Crippen molar-refractivity contribution in [2.45, 2.75) is 75.8 Å². The Balaban J connectivity index is 1.53. The molecule has 0 aliphatic heterocycles. The zero-order valence-electron chi connectivity index (χ0n) is 11.9. The zero-order chi connectivity index (χ0) is 13.5. The van der Waals surface area contributed by atoms with E-state index >= 15 is 0 Å². The minimum absolute atomic E-state index is 0.107. The molecule has 0 atom stereocenters. The summed E-state index contributed by atoms with van der Waals surface area (Å²) in [6.45, 7) is 0. The highest BCUT2D eigenvalue weighted by atomic mass is 16.5. The summed E-state index contributed by atoms with van der Waals surface area (Å²) < 4.78 is 5.35. The molecule has 3 fully saturated rings. The lowest BCUT2D eigenvalue weighted by molar-refractivity contribution is 0.0603. The van der Waals surface area contributed by atoms with Crippen LogP contribution in [0.1, 0.15) is 80.0 Å². The van der Waals surface area contributed by atoms with E-state index in [1.165, 1.54) is 32.1 Å². The predicted molar refractivity (Wildman–Crippen MR) is 74.5 cm³/mol. The molecule has 1 heterocycles. The van der Waals surface area contributed by atoms with Crippen molar-refractivity contribution in [3.8, 4) is 0 Å². The van der Waals surface area contributed by atoms with Crippen molar-refractivity contribution < 1.29 is 9.32 Å². The molecule has 0 N–H and O–H groups in total. The Hall–Kier alpha value is -1.32. The molecular formula is C16H22N2O2. The summed E-state index contributed by atoms with van der Waals surface area (Å²) in [7, 11) is 0. The van der Waals surface area contributed by atoms with E-state index in [0.717, 1.165) is 31.4 Å². The van der Waals surface area contributed by atoms with Gasteiger partial charge in [0.15, 0.2) is 5.69 Å². The standard InChI is InChI=1S/C16H22N2O2/c19-16(14-10-15(20-17-14)11-6-7-11)18(13-8-9-13)12-4-2-1-3-5-12/h10-13H,1-9H2. The first-order chi connectivity index (χ1) is 9.83. The molecule has 0 unspecified atom stereocenters. The third-order valence-electron chi connectivity index (χ3n) is 4.87. The van der Waals surface area contributed by atoms with Gasteiger partial charge in [-0.1, -0.05) is 24.4 Å². The molecule has 3 saturated carbocycles. The van der Waals surface area contributed by atoms with Gasteiger partial charge in [-0.05, 0) is 38.5 Å². The molecule has 1 aromatic heterocycles. The van der Waals surface area contributed by atoms with Crippen molar-refractivity contribution in [3.05, 3.63) is 17.5 Å². The largest absolute Gasteiger partial charge is 0.360 e. The van der Waals surface area contributed by atoms with Gasteiger partial charge in [-0.15, -0.1) is 0 Å². The molecule has 1 amide bonds. The lowest BCUT2D eigenvalue weighted by Gasteiger charge is -2.34. The van der Waals surface area contributed by atoms with Crippen LogP contribution in [-0.2, 0) is 0 Å². The fourth-order valence-electron chi connectivity index (χ4n) is 3.42. The highest BCUT2D eigenvalue weighted by Crippen LogP contribution is 2.41. The molecule has 4 nitrogen and oxygen atoms in total. The third-order valence-corrected chi connectivity index (χ3v) is 4.87. The highest BCUT2D eigenvalue weighted by molar-refractivity contribution is 5.93. The molecule has 0 aromatic carbocycles. The lowest BCUT2D eigenvalue weighted by atomic mass is 9.93. The second-order valence-electron chi connectivity index (χ2n) is 6.62. The maximum absolute atomic E-state index is 12.8. The van der Waals surface area contributed by atoms with Gasteiger partial charge in [0.05, 0.1) is 0 Å². The van der Waals surface area contributed by atoms with Crippen molar-refractivity contribution in [1.82, 2.24) is 10.1 Å². The average molecular weight is 274 g/mol. The molecule has 4 heteroatoms. The normalized spacial score (nSPS) is 23.8. The maximum atomic E-state index is 12.8. The number of carbonyl (C=O) groups excluding carboxylic acids is 1. The van der Waals surface area contributed by atoms with Gasteiger partial charge in [0.1, 0.15) is 5.76 Å². The van der Waals surface area contributed by atoms with Crippen LogP contribution in [0.3, 0.4) is 0 Å². The van der Waals surface area contributed by atoms with Gasteiger partial charge >= 0.3 is 0 Å². The molecule has 1 aromatic rings. The van der Waals surface area contributed by atoms with Crippen molar-refractivity contribution >= 4 is 5.91 Å². The van der Waals surface area contributed by atoms with E-state index in [-0.39, 0.29) is 5.91 Å². The van der Waals surface area contributed by atoms with Crippen LogP contribution >= 0.6 is 0 Å². The van der Waals surface area contributed by atoms with E-state index in [1.807, 2.05) is 6.07 Å². The van der Waals surface area contributed by atoms with E-state index in [9.17, 15) is 4.79 Å². The summed E-state index contributed by atoms with van der Waals surface area (Å²) in [6.07, 6.45) is 10.8. The Kier molecular flexibility index (Phi) is 3.04. The van der Waals surface area contributed by atoms with Gasteiger partial charge in [-0.25, -0.2) is 0 Å². The smallest absolute Gasteiger partial charge is 0.276 e. The topological polar surface area (TPSA) is 46.3 Å². The lowest BCUT2D eigenvalue weighted by Crippen LogP contribution is -2.43. The van der Waals surface area contributed by atoms with Crippen LogP contribution < -0.4 is 0 Å². The number of carbonyl (C=O) groups is 1. The van der Waals surface area contributed by atoms with Crippen LogP contribution in [0.4, 0.5) is 0 Å². The Morgan fingerprint density at radius 2 is 1.75 bits per heavy atom. The molecule has 108 valence electrons. The summed E-state index contributed by atoms with van der Waals surface area (Å²) in [5.41, 5.74) is 0.532. The Morgan fingerprint density at radius 1 is 1.05 bits per heavy atom. The Morgan fingerprint density at radius 3 is 2.40 bits per heavy atom. The fraction of sp³-hybridized carbons (Fsp3) is 0.750. The van der Waals surface area contributed by atoms with Crippen LogP contribution in [0.5, 0.6) is 0 Å². The average Bonchev–Trinajstić information content (AvgIpc) is 3.41. The SMILES string of the molecule is O=C(c1cc(C2CC2)on1)N(C1CCCCC1)C1CC1. The van der Waals surface area contributed by atoms with Gasteiger partial charge in [0.2, 0.25) is 0 Å². The number of nitrogens with zero attached hydrogens (tertiary/aromatic N) is 2. The summed E-state index contributed by atoms with van der Waals surface area (Å²) >= 11 is 0. The first-order valence-corrected chi connectivity index (χ1v) is 8.12. The molecule has 3 aliphatic rings. The number of amides is 1. The summed E-state index contributed by atoms with van der Waals surface area (Å²) in [4.78, 5) is 14.9. The third kappa shape index (κ3) is 2.36. The number of aromatic nitrogens is 1. The van der Waals surface area contributed by atoms with Crippen molar-refractivity contribution in [1.29, 1.82) is 0 Å². The van der Waals surface area contributed by atoms with Crippen LogP contribution in [0.2, 0.25) is 0 Å². The number of hydrogen-bond acceptors (Lipinski definition) is 3. The van der Waals surface area contributed by atoms with Gasteiger partial charge in [0.25, 0.3) is 5.91 Å². The van der Waals surface area contributed by atoms with Gasteiger partial charge in [-0.2, -0.15) is 0 Å². The first-order valence-electron chi connectivity index (χ1n) is 8.12. The summed E-state index contributed by atoms with van der Waals surface area (Å²) in [5, 5.41) is 4.04. The molecule has 4 rings (SSSR count). The van der Waals surface area contributed by atoms with Crippen molar-refractivity contribution in [3.63, 3.8) is 0 Å². The van der Waals surface area contributed by atoms with Crippen LogP contribution in [0.25, 0.3) is 0 Å². The fourth-order valence-corrected chi connectivity index (χ4v) is 3.42. The molecule has 0 bridgehead atoms. The van der Waals surface area contributed by atoms with E-state index in [2.05, 4.69) is 10.1 Å². The van der Waals surface area contributed by atoms with Crippen molar-refractivity contribution in [2.24, 2.45) is 0 Å².